The molecule has 1 unspecified atom stereocenters. The molecule has 1 aromatic rings. The zero-order valence-corrected chi connectivity index (χ0v) is 18.2. The van der Waals surface area contributed by atoms with Gasteiger partial charge in [-0.2, -0.15) is 0 Å². The fourth-order valence-corrected chi connectivity index (χ4v) is 5.96. The molecule has 5 fully saturated rings. The van der Waals surface area contributed by atoms with Crippen molar-refractivity contribution in [3.8, 4) is 0 Å². The number of nitrogen functional groups attached to an aromatic ring is 1. The number of nitrogens with one attached hydrogen (secondary N) is 1. The molecular weight excluding hydrogens is 402 g/mol. The van der Waals surface area contributed by atoms with Gasteiger partial charge in [-0.3, -0.25) is 15.2 Å². The van der Waals surface area contributed by atoms with Gasteiger partial charge in [0.05, 0.1) is 6.61 Å². The van der Waals surface area contributed by atoms with E-state index in [0.717, 1.165) is 31.2 Å². The average molecular weight is 434 g/mol. The highest BCUT2D eigenvalue weighted by Crippen LogP contribution is 2.60. The predicted octanol–water partition coefficient (Wildman–Crippen LogP) is 2.41. The second kappa shape index (κ2) is 7.75. The highest BCUT2D eigenvalue weighted by Gasteiger charge is 2.69. The average Bonchev–Trinajstić information content (AvgIpc) is 3.01. The Labute approximate surface area is 181 Å². The van der Waals surface area contributed by atoms with Gasteiger partial charge in [-0.05, 0) is 49.7 Å². The van der Waals surface area contributed by atoms with Gasteiger partial charge < -0.3 is 14.2 Å². The van der Waals surface area contributed by atoms with Crippen LogP contribution in [-0.2, 0) is 30.6 Å². The van der Waals surface area contributed by atoms with Gasteiger partial charge in [0, 0.05) is 24.5 Å². The third-order valence-electron chi connectivity index (χ3n) is 7.70. The minimum absolute atomic E-state index is 0.108. The van der Waals surface area contributed by atoms with Crippen LogP contribution in [0.2, 0.25) is 0 Å². The summed E-state index contributed by atoms with van der Waals surface area (Å²) in [6.45, 7) is 6.68. The van der Waals surface area contributed by atoms with Gasteiger partial charge in [0.1, 0.15) is 5.69 Å². The van der Waals surface area contributed by atoms with Crippen molar-refractivity contribution in [1.82, 2.24) is 10.4 Å². The second-order valence-electron chi connectivity index (χ2n) is 9.61. The lowest BCUT2D eigenvalue weighted by molar-refractivity contribution is -0.577. The first-order valence-corrected chi connectivity index (χ1v) is 11.1. The number of amides is 1. The molecule has 1 amide bonds. The molecule has 5 aliphatic rings. The van der Waals surface area contributed by atoms with Crippen LogP contribution in [0.15, 0.2) is 18.3 Å². The molecule has 0 aromatic carbocycles. The van der Waals surface area contributed by atoms with Crippen molar-refractivity contribution in [3.63, 3.8) is 0 Å². The topological polar surface area (TPSA) is 114 Å². The second-order valence-corrected chi connectivity index (χ2v) is 9.61. The summed E-state index contributed by atoms with van der Waals surface area (Å²) < 4.78 is 18.9. The maximum Gasteiger partial charge on any atom is 0.283 e. The van der Waals surface area contributed by atoms with E-state index in [0.29, 0.717) is 18.4 Å². The number of rotatable bonds is 4. The zero-order chi connectivity index (χ0) is 21.8. The quantitative estimate of drug-likeness (QED) is 0.322. The van der Waals surface area contributed by atoms with Crippen LogP contribution in [0.1, 0.15) is 62.5 Å². The van der Waals surface area contributed by atoms with E-state index in [1.807, 2.05) is 6.92 Å². The number of nitrogens with two attached hydrogens (primary N) is 1. The molecule has 4 aliphatic heterocycles. The Morgan fingerprint density at radius 1 is 1.26 bits per heavy atom. The summed E-state index contributed by atoms with van der Waals surface area (Å²) in [5.41, 5.74) is 2.58. The SMILES string of the molecule is C[C@@H]1CCC2[C@@H](C)[C@@H](OCc3ccc(C(=O)NN)nc3)O[C@@H]3O[C@@]4(C)CC[C@@H]1[C@@]23OO4. The third-order valence-corrected chi connectivity index (χ3v) is 7.70. The molecule has 6 rings (SSSR count). The van der Waals surface area contributed by atoms with Crippen LogP contribution in [0.3, 0.4) is 0 Å². The Hall–Kier alpha value is -1.62. The molecule has 3 N–H and O–H groups in total. The highest BCUT2D eigenvalue weighted by atomic mass is 17.3. The van der Waals surface area contributed by atoms with Gasteiger partial charge in [-0.25, -0.2) is 15.6 Å². The highest BCUT2D eigenvalue weighted by molar-refractivity contribution is 5.91. The van der Waals surface area contributed by atoms with Crippen LogP contribution >= 0.6 is 0 Å². The van der Waals surface area contributed by atoms with Crippen LogP contribution in [0.4, 0.5) is 0 Å². The Bertz CT molecular complexity index is 837. The molecule has 9 heteroatoms. The van der Waals surface area contributed by atoms with E-state index in [2.05, 4.69) is 24.3 Å². The van der Waals surface area contributed by atoms with E-state index < -0.39 is 29.9 Å². The predicted molar refractivity (Wildman–Crippen MR) is 108 cm³/mol. The molecule has 9 nitrogen and oxygen atoms in total. The van der Waals surface area contributed by atoms with Crippen molar-refractivity contribution < 1.29 is 28.8 Å². The number of carbonyl (C=O) groups is 1. The van der Waals surface area contributed by atoms with Crippen molar-refractivity contribution in [2.24, 2.45) is 29.5 Å². The molecule has 5 heterocycles. The molecule has 8 atom stereocenters. The number of hydrogen-bond donors (Lipinski definition) is 2. The van der Waals surface area contributed by atoms with Crippen LogP contribution in [-0.4, -0.2) is 34.9 Å². The normalized spacial score (nSPS) is 43.7. The minimum atomic E-state index is -0.800. The number of fused-ring (bicyclic) bond motifs is 2. The molecular formula is C22H31N3O6. The van der Waals surface area contributed by atoms with Crippen molar-refractivity contribution in [1.29, 1.82) is 0 Å². The monoisotopic (exact) mass is 433 g/mol. The van der Waals surface area contributed by atoms with Gasteiger partial charge in [-0.1, -0.05) is 19.9 Å². The van der Waals surface area contributed by atoms with Gasteiger partial charge in [-0.15, -0.1) is 0 Å². The number of aromatic nitrogens is 1. The molecule has 4 saturated heterocycles. The molecule has 1 aliphatic carbocycles. The summed E-state index contributed by atoms with van der Waals surface area (Å²) in [6.07, 6.45) is 4.60. The van der Waals surface area contributed by atoms with Crippen molar-refractivity contribution in [2.45, 2.75) is 77.0 Å². The van der Waals surface area contributed by atoms with Gasteiger partial charge in [0.15, 0.2) is 18.2 Å². The minimum Gasteiger partial charge on any atom is -0.348 e. The fourth-order valence-electron chi connectivity index (χ4n) is 5.96. The van der Waals surface area contributed by atoms with Crippen molar-refractivity contribution in [2.75, 3.05) is 0 Å². The molecule has 1 aromatic heterocycles. The molecule has 31 heavy (non-hydrogen) atoms. The molecule has 2 bridgehead atoms. The lowest BCUT2D eigenvalue weighted by Crippen LogP contribution is -2.70. The zero-order valence-electron chi connectivity index (χ0n) is 18.2. The maximum atomic E-state index is 11.6. The number of hydrogen-bond acceptors (Lipinski definition) is 8. The summed E-state index contributed by atoms with van der Waals surface area (Å²) in [5, 5.41) is 0. The summed E-state index contributed by atoms with van der Waals surface area (Å²) in [7, 11) is 0. The Balaban J connectivity index is 1.34. The number of pyridine rings is 1. The molecule has 1 saturated carbocycles. The first kappa shape index (κ1) is 21.2. The van der Waals surface area contributed by atoms with Gasteiger partial charge >= 0.3 is 0 Å². The molecule has 0 radical (unpaired) electrons. The summed E-state index contributed by atoms with van der Waals surface area (Å²) in [5.74, 6) is 5.09. The van der Waals surface area contributed by atoms with Crippen LogP contribution in [0.5, 0.6) is 0 Å². The Morgan fingerprint density at radius 3 is 2.84 bits per heavy atom. The Kier molecular flexibility index (Phi) is 5.31. The number of carbonyl (C=O) groups excluding carboxylic acids is 1. The van der Waals surface area contributed by atoms with Crippen molar-refractivity contribution in [3.05, 3.63) is 29.6 Å². The van der Waals surface area contributed by atoms with E-state index in [1.54, 1.807) is 18.3 Å². The number of hydrazine groups is 1. The van der Waals surface area contributed by atoms with Crippen molar-refractivity contribution >= 4 is 5.91 Å². The molecule has 170 valence electrons. The lowest BCUT2D eigenvalue weighted by atomic mass is 9.58. The number of nitrogens with zero attached hydrogens (tertiary/aromatic N) is 1. The summed E-state index contributed by atoms with van der Waals surface area (Å²) in [4.78, 5) is 27.7. The first-order chi connectivity index (χ1) is 14.9. The van der Waals surface area contributed by atoms with E-state index in [9.17, 15) is 4.79 Å². The maximum absolute atomic E-state index is 11.6. The van der Waals surface area contributed by atoms with E-state index in [-0.39, 0.29) is 17.5 Å². The van der Waals surface area contributed by atoms with Gasteiger partial charge in [0.2, 0.25) is 5.79 Å². The largest absolute Gasteiger partial charge is 0.348 e. The van der Waals surface area contributed by atoms with E-state index in [4.69, 9.17) is 29.8 Å². The summed E-state index contributed by atoms with van der Waals surface area (Å²) >= 11 is 0. The first-order valence-electron chi connectivity index (χ1n) is 11.1. The fraction of sp³-hybridized carbons (Fsp3) is 0.727. The third kappa shape index (κ3) is 3.39. The van der Waals surface area contributed by atoms with Crippen LogP contribution < -0.4 is 11.3 Å². The van der Waals surface area contributed by atoms with Crippen LogP contribution in [0.25, 0.3) is 0 Å². The summed E-state index contributed by atoms with van der Waals surface area (Å²) in [6, 6.07) is 3.42. The lowest BCUT2D eigenvalue weighted by Gasteiger charge is -2.60. The standard InChI is InChI=1S/C22H31N3O6/c1-12-4-6-16-13(2)19(27-11-14-5-7-17(24-10-14)18(26)25-23)28-20-22(16)15(12)8-9-21(3,29-20)30-31-22/h5,7,10,12-13,15-16,19-20H,4,6,8-9,11,23H2,1-3H3,(H,25,26)/t12-,13-,15+,16?,19+,20-,21-,22-/m1/s1. The smallest absolute Gasteiger partial charge is 0.283 e. The van der Waals surface area contributed by atoms with Gasteiger partial charge in [0.25, 0.3) is 5.91 Å². The van der Waals surface area contributed by atoms with E-state index >= 15 is 0 Å². The van der Waals surface area contributed by atoms with E-state index in [1.165, 1.54) is 0 Å². The number of ether oxygens (including phenoxy) is 3. The molecule has 1 spiro atoms. The van der Waals surface area contributed by atoms with Crippen LogP contribution in [0, 0.1) is 23.7 Å². The Morgan fingerprint density at radius 2 is 2.10 bits per heavy atom.